The smallest absolute Gasteiger partial charge is 0.204 e. The van der Waals surface area contributed by atoms with Crippen LogP contribution in [0.3, 0.4) is 0 Å². The molecule has 6 heteroatoms. The van der Waals surface area contributed by atoms with Gasteiger partial charge in [-0.25, -0.2) is 4.98 Å². The summed E-state index contributed by atoms with van der Waals surface area (Å²) in [5.74, 6) is 0.948. The average Bonchev–Trinajstić information content (AvgIpc) is 2.84. The molecule has 0 spiro atoms. The van der Waals surface area contributed by atoms with E-state index in [-0.39, 0.29) is 0 Å². The first-order chi connectivity index (χ1) is 7.68. The van der Waals surface area contributed by atoms with Crippen molar-refractivity contribution in [2.45, 2.75) is 6.54 Å². The van der Waals surface area contributed by atoms with Crippen LogP contribution in [0.1, 0.15) is 5.69 Å². The predicted molar refractivity (Wildman–Crippen MR) is 63.4 cm³/mol. The maximum atomic E-state index is 4.34. The van der Waals surface area contributed by atoms with E-state index in [1.54, 1.807) is 6.20 Å². The number of anilines is 2. The van der Waals surface area contributed by atoms with Crippen LogP contribution in [-0.2, 0) is 13.6 Å². The van der Waals surface area contributed by atoms with E-state index in [0.29, 0.717) is 0 Å². The molecule has 86 valence electrons. The lowest BCUT2D eigenvalue weighted by atomic mass is 10.4. The Morgan fingerprint density at radius 2 is 2.25 bits per heavy atom. The molecule has 0 aliphatic carbocycles. The number of imidazole rings is 1. The van der Waals surface area contributed by atoms with Crippen LogP contribution < -0.4 is 10.2 Å². The van der Waals surface area contributed by atoms with Gasteiger partial charge in [-0.15, -0.1) is 0 Å². The van der Waals surface area contributed by atoms with Gasteiger partial charge >= 0.3 is 0 Å². The van der Waals surface area contributed by atoms with Crippen LogP contribution in [0.25, 0.3) is 0 Å². The van der Waals surface area contributed by atoms with E-state index in [0.717, 1.165) is 23.9 Å². The Balaban J connectivity index is 2.05. The Morgan fingerprint density at radius 3 is 2.81 bits per heavy atom. The third-order valence-corrected chi connectivity index (χ3v) is 2.43. The topological polar surface area (TPSA) is 61.8 Å². The van der Waals surface area contributed by atoms with Crippen LogP contribution in [0.15, 0.2) is 18.6 Å². The molecule has 2 rings (SSSR count). The summed E-state index contributed by atoms with van der Waals surface area (Å²) >= 11 is 0. The van der Waals surface area contributed by atoms with Gasteiger partial charge in [-0.1, -0.05) is 0 Å². The number of hydrogen-bond donors (Lipinski definition) is 2. The van der Waals surface area contributed by atoms with E-state index in [4.69, 9.17) is 0 Å². The standard InChI is InChI=1S/C10H16N6/c1-15(2)10-12-7-9(16(10)3)6-11-8-4-13-14-5-8/h4-5,7,11H,6H2,1-3H3,(H,13,14). The largest absolute Gasteiger partial charge is 0.377 e. The fourth-order valence-electron chi connectivity index (χ4n) is 1.55. The Hall–Kier alpha value is -1.98. The zero-order valence-electron chi connectivity index (χ0n) is 9.73. The van der Waals surface area contributed by atoms with Gasteiger partial charge in [0, 0.05) is 27.3 Å². The SMILES string of the molecule is CN(C)c1ncc(CNc2cn[nH]c2)n1C. The molecule has 0 saturated heterocycles. The zero-order valence-corrected chi connectivity index (χ0v) is 9.73. The lowest BCUT2D eigenvalue weighted by Crippen LogP contribution is -2.15. The van der Waals surface area contributed by atoms with Gasteiger partial charge in [0.2, 0.25) is 5.95 Å². The highest BCUT2D eigenvalue weighted by molar-refractivity contribution is 5.39. The van der Waals surface area contributed by atoms with Crippen molar-refractivity contribution in [1.29, 1.82) is 0 Å². The van der Waals surface area contributed by atoms with Gasteiger partial charge in [0.05, 0.1) is 30.3 Å². The molecule has 0 aliphatic rings. The maximum absolute atomic E-state index is 4.34. The van der Waals surface area contributed by atoms with Crippen LogP contribution in [0.2, 0.25) is 0 Å². The molecule has 16 heavy (non-hydrogen) atoms. The molecule has 2 aromatic heterocycles. The monoisotopic (exact) mass is 220 g/mol. The summed E-state index contributed by atoms with van der Waals surface area (Å²) < 4.78 is 2.06. The number of nitrogens with zero attached hydrogens (tertiary/aromatic N) is 4. The number of nitrogens with one attached hydrogen (secondary N) is 2. The van der Waals surface area contributed by atoms with Gasteiger partial charge in [0.1, 0.15) is 0 Å². The molecule has 0 bridgehead atoms. The Morgan fingerprint density at radius 1 is 1.44 bits per heavy atom. The first-order valence-corrected chi connectivity index (χ1v) is 5.09. The van der Waals surface area contributed by atoms with Gasteiger partial charge in [0.25, 0.3) is 0 Å². The lowest BCUT2D eigenvalue weighted by Gasteiger charge is -2.12. The first-order valence-electron chi connectivity index (χ1n) is 5.09. The van der Waals surface area contributed by atoms with Gasteiger partial charge in [-0.05, 0) is 0 Å². The molecular weight excluding hydrogens is 204 g/mol. The highest BCUT2D eigenvalue weighted by Gasteiger charge is 2.07. The van der Waals surface area contributed by atoms with E-state index in [1.165, 1.54) is 0 Å². The molecule has 2 N–H and O–H groups in total. The summed E-state index contributed by atoms with van der Waals surface area (Å²) in [6, 6.07) is 0. The van der Waals surface area contributed by atoms with Crippen molar-refractivity contribution in [1.82, 2.24) is 19.7 Å². The average molecular weight is 220 g/mol. The second-order valence-electron chi connectivity index (χ2n) is 3.84. The highest BCUT2D eigenvalue weighted by Crippen LogP contribution is 2.12. The molecule has 0 unspecified atom stereocenters. The second-order valence-corrected chi connectivity index (χ2v) is 3.84. The minimum Gasteiger partial charge on any atom is -0.377 e. The van der Waals surface area contributed by atoms with Crippen molar-refractivity contribution in [3.63, 3.8) is 0 Å². The number of aromatic nitrogens is 4. The van der Waals surface area contributed by atoms with Crippen LogP contribution in [-0.4, -0.2) is 33.8 Å². The molecule has 0 fully saturated rings. The van der Waals surface area contributed by atoms with Crippen LogP contribution in [0.5, 0.6) is 0 Å². The van der Waals surface area contributed by atoms with Crippen molar-refractivity contribution in [3.05, 3.63) is 24.3 Å². The van der Waals surface area contributed by atoms with Crippen molar-refractivity contribution in [2.24, 2.45) is 7.05 Å². The molecule has 0 radical (unpaired) electrons. The second kappa shape index (κ2) is 4.26. The number of rotatable bonds is 4. The van der Waals surface area contributed by atoms with Crippen molar-refractivity contribution in [3.8, 4) is 0 Å². The van der Waals surface area contributed by atoms with Crippen LogP contribution in [0.4, 0.5) is 11.6 Å². The summed E-state index contributed by atoms with van der Waals surface area (Å²) in [7, 11) is 5.97. The molecule has 0 amide bonds. The Kier molecular flexibility index (Phi) is 2.80. The van der Waals surface area contributed by atoms with Gasteiger partial charge in [-0.3, -0.25) is 5.10 Å². The van der Waals surface area contributed by atoms with Crippen molar-refractivity contribution in [2.75, 3.05) is 24.3 Å². The van der Waals surface area contributed by atoms with E-state index in [9.17, 15) is 0 Å². The Labute approximate surface area is 94.3 Å². The van der Waals surface area contributed by atoms with Crippen LogP contribution in [0, 0.1) is 0 Å². The first kappa shape index (κ1) is 10.5. The third kappa shape index (κ3) is 2.00. The van der Waals surface area contributed by atoms with E-state index in [2.05, 4.69) is 25.1 Å². The summed E-state index contributed by atoms with van der Waals surface area (Å²) in [4.78, 5) is 6.33. The molecule has 0 atom stereocenters. The molecule has 6 nitrogen and oxygen atoms in total. The summed E-state index contributed by atoms with van der Waals surface area (Å²) in [6.45, 7) is 0.733. The summed E-state index contributed by atoms with van der Waals surface area (Å²) in [5, 5.41) is 9.89. The Bertz CT molecular complexity index is 442. The third-order valence-electron chi connectivity index (χ3n) is 2.43. The quantitative estimate of drug-likeness (QED) is 0.801. The summed E-state index contributed by atoms with van der Waals surface area (Å²) in [6.07, 6.45) is 5.45. The molecule has 0 aliphatic heterocycles. The van der Waals surface area contributed by atoms with Gasteiger partial charge < -0.3 is 14.8 Å². The van der Waals surface area contributed by atoms with Gasteiger partial charge in [-0.2, -0.15) is 5.10 Å². The number of aromatic amines is 1. The molecule has 2 aromatic rings. The lowest BCUT2D eigenvalue weighted by molar-refractivity contribution is 0.814. The minimum atomic E-state index is 0.733. The zero-order chi connectivity index (χ0) is 11.5. The normalized spacial score (nSPS) is 10.4. The van der Waals surface area contributed by atoms with E-state index < -0.39 is 0 Å². The number of H-pyrrole nitrogens is 1. The molecule has 0 saturated carbocycles. The van der Waals surface area contributed by atoms with E-state index in [1.807, 2.05) is 38.4 Å². The van der Waals surface area contributed by atoms with Crippen molar-refractivity contribution < 1.29 is 0 Å². The van der Waals surface area contributed by atoms with Crippen LogP contribution >= 0.6 is 0 Å². The summed E-state index contributed by atoms with van der Waals surface area (Å²) in [5.41, 5.74) is 2.11. The number of hydrogen-bond acceptors (Lipinski definition) is 4. The van der Waals surface area contributed by atoms with E-state index >= 15 is 0 Å². The fourth-order valence-corrected chi connectivity index (χ4v) is 1.55. The van der Waals surface area contributed by atoms with Crippen molar-refractivity contribution >= 4 is 11.6 Å². The molecule has 2 heterocycles. The predicted octanol–water partition coefficient (Wildman–Crippen LogP) is 0.821. The maximum Gasteiger partial charge on any atom is 0.204 e. The minimum absolute atomic E-state index is 0.733. The highest BCUT2D eigenvalue weighted by atomic mass is 15.3. The fraction of sp³-hybridized carbons (Fsp3) is 0.400. The molecule has 0 aromatic carbocycles. The van der Waals surface area contributed by atoms with Gasteiger partial charge in [0.15, 0.2) is 0 Å². The molecular formula is C10H16N6.